The molecule has 2 heterocycles. The second-order valence-electron chi connectivity index (χ2n) is 4.59. The van der Waals surface area contributed by atoms with E-state index < -0.39 is 0 Å². The fourth-order valence-corrected chi connectivity index (χ4v) is 2.02. The van der Waals surface area contributed by atoms with Gasteiger partial charge in [-0.1, -0.05) is 24.3 Å². The summed E-state index contributed by atoms with van der Waals surface area (Å²) >= 11 is 0. The molecule has 3 rings (SSSR count). The van der Waals surface area contributed by atoms with Crippen molar-refractivity contribution in [1.29, 1.82) is 0 Å². The number of hydrogen-bond donors (Lipinski definition) is 1. The predicted octanol–water partition coefficient (Wildman–Crippen LogP) is 3.19. The first-order chi connectivity index (χ1) is 9.76. The van der Waals surface area contributed by atoms with Crippen LogP contribution in [0.5, 0.6) is 11.6 Å². The van der Waals surface area contributed by atoms with Gasteiger partial charge in [0.25, 0.3) is 0 Å². The summed E-state index contributed by atoms with van der Waals surface area (Å²) in [5.74, 6) is 1.21. The first-order valence-electron chi connectivity index (χ1n) is 6.45. The van der Waals surface area contributed by atoms with Crippen LogP contribution >= 0.6 is 0 Å². The number of para-hydroxylation sites is 1. The van der Waals surface area contributed by atoms with Crippen molar-refractivity contribution in [3.05, 3.63) is 59.9 Å². The van der Waals surface area contributed by atoms with Gasteiger partial charge in [0.15, 0.2) is 0 Å². The number of hydrogen-bond acceptors (Lipinski definition) is 4. The van der Waals surface area contributed by atoms with Gasteiger partial charge in [-0.05, 0) is 25.1 Å². The van der Waals surface area contributed by atoms with Crippen LogP contribution in [0.4, 0.5) is 0 Å². The number of aryl methyl sites for hydroxylation is 1. The van der Waals surface area contributed by atoms with Crippen LogP contribution in [0.15, 0.2) is 48.7 Å². The summed E-state index contributed by atoms with van der Waals surface area (Å²) in [5, 5.41) is 1.03. The Hall–Kier alpha value is -2.46. The highest BCUT2D eigenvalue weighted by Gasteiger charge is 2.07. The largest absolute Gasteiger partial charge is 0.437 e. The van der Waals surface area contributed by atoms with E-state index in [9.17, 15) is 0 Å². The van der Waals surface area contributed by atoms with E-state index in [2.05, 4.69) is 9.97 Å². The molecule has 4 nitrogen and oxygen atoms in total. The van der Waals surface area contributed by atoms with Gasteiger partial charge in [-0.25, -0.2) is 4.98 Å². The first kappa shape index (κ1) is 12.6. The second-order valence-corrected chi connectivity index (χ2v) is 4.59. The third kappa shape index (κ3) is 2.46. The molecule has 0 aliphatic rings. The van der Waals surface area contributed by atoms with Crippen molar-refractivity contribution in [3.8, 4) is 11.6 Å². The molecule has 0 aliphatic heterocycles. The van der Waals surface area contributed by atoms with Crippen LogP contribution in [0.1, 0.15) is 11.3 Å². The van der Waals surface area contributed by atoms with Crippen LogP contribution in [0.25, 0.3) is 10.9 Å². The number of nitrogens with zero attached hydrogens (tertiary/aromatic N) is 2. The van der Waals surface area contributed by atoms with Gasteiger partial charge in [0.05, 0.1) is 11.7 Å². The highest BCUT2D eigenvalue weighted by atomic mass is 16.5. The normalized spacial score (nSPS) is 10.7. The fraction of sp³-hybridized carbons (Fsp3) is 0.125. The molecule has 2 aromatic heterocycles. The molecule has 1 aromatic carbocycles. The van der Waals surface area contributed by atoms with Crippen LogP contribution < -0.4 is 10.5 Å². The maximum atomic E-state index is 5.84. The van der Waals surface area contributed by atoms with Crippen molar-refractivity contribution < 1.29 is 4.74 Å². The smallest absolute Gasteiger partial charge is 0.224 e. The van der Waals surface area contributed by atoms with Gasteiger partial charge in [-0.2, -0.15) is 0 Å². The molecule has 0 fully saturated rings. The minimum atomic E-state index is 0.392. The minimum Gasteiger partial charge on any atom is -0.437 e. The topological polar surface area (TPSA) is 61.0 Å². The standard InChI is InChI=1S/C16H15N3O/c1-11-6-7-13(9-17)16(19-11)20-14-8-12-4-2-3-5-15(12)18-10-14/h2-8,10H,9,17H2,1H3. The molecule has 0 aliphatic carbocycles. The molecule has 0 saturated carbocycles. The minimum absolute atomic E-state index is 0.392. The lowest BCUT2D eigenvalue weighted by Crippen LogP contribution is -2.02. The summed E-state index contributed by atoms with van der Waals surface area (Å²) in [7, 11) is 0. The Bertz CT molecular complexity index is 756. The predicted molar refractivity (Wildman–Crippen MR) is 78.7 cm³/mol. The van der Waals surface area contributed by atoms with Crippen molar-refractivity contribution in [2.24, 2.45) is 5.73 Å². The lowest BCUT2D eigenvalue weighted by Gasteiger charge is -2.10. The number of rotatable bonds is 3. The lowest BCUT2D eigenvalue weighted by atomic mass is 10.2. The maximum absolute atomic E-state index is 5.84. The van der Waals surface area contributed by atoms with E-state index in [0.29, 0.717) is 18.2 Å². The summed E-state index contributed by atoms with van der Waals surface area (Å²) in [6, 6.07) is 13.7. The van der Waals surface area contributed by atoms with Crippen LogP contribution in [0.3, 0.4) is 0 Å². The van der Waals surface area contributed by atoms with Gasteiger partial charge in [-0.15, -0.1) is 0 Å². The quantitative estimate of drug-likeness (QED) is 0.790. The number of fused-ring (bicyclic) bond motifs is 1. The number of ether oxygens (including phenoxy) is 1. The SMILES string of the molecule is Cc1ccc(CN)c(Oc2cnc3ccccc3c2)n1. The molecule has 0 spiro atoms. The van der Waals surface area contributed by atoms with Crippen molar-refractivity contribution >= 4 is 10.9 Å². The van der Waals surface area contributed by atoms with Crippen molar-refractivity contribution in [2.75, 3.05) is 0 Å². The average Bonchev–Trinajstić information content (AvgIpc) is 2.47. The average molecular weight is 265 g/mol. The zero-order valence-electron chi connectivity index (χ0n) is 11.2. The van der Waals surface area contributed by atoms with Gasteiger partial charge < -0.3 is 10.5 Å². The van der Waals surface area contributed by atoms with Crippen molar-refractivity contribution in [3.63, 3.8) is 0 Å². The van der Waals surface area contributed by atoms with E-state index in [0.717, 1.165) is 22.2 Å². The summed E-state index contributed by atoms with van der Waals surface area (Å²) in [4.78, 5) is 8.76. The van der Waals surface area contributed by atoms with E-state index in [1.165, 1.54) is 0 Å². The van der Waals surface area contributed by atoms with E-state index in [1.54, 1.807) is 6.20 Å². The number of pyridine rings is 2. The van der Waals surface area contributed by atoms with Gasteiger partial charge in [0.2, 0.25) is 5.88 Å². The molecule has 0 saturated heterocycles. The summed E-state index contributed by atoms with van der Waals surface area (Å²) < 4.78 is 5.84. The zero-order chi connectivity index (χ0) is 13.9. The van der Waals surface area contributed by atoms with Crippen molar-refractivity contribution in [2.45, 2.75) is 13.5 Å². The third-order valence-electron chi connectivity index (χ3n) is 3.08. The van der Waals surface area contributed by atoms with E-state index in [4.69, 9.17) is 10.5 Å². The molecule has 2 N–H and O–H groups in total. The Morgan fingerprint density at radius 1 is 1.15 bits per heavy atom. The Kier molecular flexibility index (Phi) is 3.31. The Morgan fingerprint density at radius 2 is 2.00 bits per heavy atom. The summed E-state index contributed by atoms with van der Waals surface area (Å²) in [6.45, 7) is 2.31. The molecule has 3 aromatic rings. The number of nitrogens with two attached hydrogens (primary N) is 1. The van der Waals surface area contributed by atoms with Gasteiger partial charge in [-0.3, -0.25) is 4.98 Å². The highest BCUT2D eigenvalue weighted by Crippen LogP contribution is 2.25. The van der Waals surface area contributed by atoms with Crippen LogP contribution in [-0.4, -0.2) is 9.97 Å². The molecule has 0 atom stereocenters. The monoisotopic (exact) mass is 265 g/mol. The second kappa shape index (κ2) is 5.27. The van der Waals surface area contributed by atoms with Crippen LogP contribution in [-0.2, 0) is 6.54 Å². The van der Waals surface area contributed by atoms with Gasteiger partial charge in [0, 0.05) is 23.2 Å². The number of aromatic nitrogens is 2. The maximum Gasteiger partial charge on any atom is 0.224 e. The molecule has 4 heteroatoms. The zero-order valence-corrected chi connectivity index (χ0v) is 11.2. The number of benzene rings is 1. The van der Waals surface area contributed by atoms with E-state index in [-0.39, 0.29) is 0 Å². The van der Waals surface area contributed by atoms with Crippen LogP contribution in [0.2, 0.25) is 0 Å². The molecule has 0 radical (unpaired) electrons. The third-order valence-corrected chi connectivity index (χ3v) is 3.08. The van der Waals surface area contributed by atoms with Crippen LogP contribution in [0, 0.1) is 6.92 Å². The van der Waals surface area contributed by atoms with E-state index >= 15 is 0 Å². The molecule has 0 unspecified atom stereocenters. The molecule has 20 heavy (non-hydrogen) atoms. The fourth-order valence-electron chi connectivity index (χ4n) is 2.02. The molecule has 100 valence electrons. The Morgan fingerprint density at radius 3 is 2.85 bits per heavy atom. The van der Waals surface area contributed by atoms with Gasteiger partial charge in [0.1, 0.15) is 5.75 Å². The van der Waals surface area contributed by atoms with E-state index in [1.807, 2.05) is 49.4 Å². The molecule has 0 bridgehead atoms. The summed E-state index contributed by atoms with van der Waals surface area (Å²) in [5.41, 5.74) is 8.42. The van der Waals surface area contributed by atoms with Gasteiger partial charge >= 0.3 is 0 Å². The Balaban J connectivity index is 1.98. The molecule has 0 amide bonds. The molecular formula is C16H15N3O. The molecular weight excluding hydrogens is 250 g/mol. The van der Waals surface area contributed by atoms with Crippen molar-refractivity contribution in [1.82, 2.24) is 9.97 Å². The summed E-state index contributed by atoms with van der Waals surface area (Å²) in [6.07, 6.45) is 1.70. The Labute approximate surface area is 117 Å². The first-order valence-corrected chi connectivity index (χ1v) is 6.45. The highest BCUT2D eigenvalue weighted by molar-refractivity contribution is 5.79. The lowest BCUT2D eigenvalue weighted by molar-refractivity contribution is 0.454.